The molecule has 0 heterocycles. The molecule has 0 radical (unpaired) electrons. The Morgan fingerprint density at radius 3 is 2.11 bits per heavy atom. The summed E-state index contributed by atoms with van der Waals surface area (Å²) in [4.78, 5) is 0. The van der Waals surface area contributed by atoms with Crippen molar-refractivity contribution in [3.8, 4) is 0 Å². The molecule has 0 aliphatic carbocycles. The van der Waals surface area contributed by atoms with Gasteiger partial charge in [0.25, 0.3) is 0 Å². The predicted octanol–water partition coefficient (Wildman–Crippen LogP) is 5.37. The van der Waals surface area contributed by atoms with Crippen LogP contribution in [0.25, 0.3) is 0 Å². The first-order valence-electron chi connectivity index (χ1n) is 8.02. The molecule has 1 unspecified atom stereocenters. The zero-order chi connectivity index (χ0) is 14.2. The highest BCUT2D eigenvalue weighted by Gasteiger charge is 2.02. The molecule has 0 aromatic rings. The maximum atomic E-state index is 5.48. The van der Waals surface area contributed by atoms with Gasteiger partial charge in [-0.25, -0.2) is 0 Å². The average molecular weight is 395 g/mol. The molecule has 0 bridgehead atoms. The van der Waals surface area contributed by atoms with Crippen molar-refractivity contribution in [3.05, 3.63) is 0 Å². The molecule has 4 heteroatoms. The van der Waals surface area contributed by atoms with E-state index in [0.29, 0.717) is 6.79 Å². The molecule has 0 saturated heterocycles. The van der Waals surface area contributed by atoms with Crippen molar-refractivity contribution in [3.63, 3.8) is 0 Å². The highest BCUT2D eigenvalue weighted by Crippen LogP contribution is 2.12. The van der Waals surface area contributed by atoms with E-state index in [4.69, 9.17) is 9.47 Å². The fourth-order valence-corrected chi connectivity index (χ4v) is 3.71. The van der Waals surface area contributed by atoms with Crippen LogP contribution in [-0.4, -0.2) is 36.5 Å². The fraction of sp³-hybridized carbons (Fsp3) is 1.00. The molecule has 0 amide bonds. The van der Waals surface area contributed by atoms with Gasteiger partial charge in [0.15, 0.2) is 0 Å². The van der Waals surface area contributed by atoms with Gasteiger partial charge in [0, 0.05) is 13.2 Å². The van der Waals surface area contributed by atoms with E-state index in [1.165, 1.54) is 57.8 Å². The van der Waals surface area contributed by atoms with E-state index in [1.54, 1.807) is 0 Å². The van der Waals surface area contributed by atoms with Gasteiger partial charge in [-0.1, -0.05) is 58.8 Å². The predicted molar refractivity (Wildman–Crippen MR) is 93.2 cm³/mol. The fourth-order valence-electron chi connectivity index (χ4n) is 1.95. The van der Waals surface area contributed by atoms with Crippen LogP contribution in [-0.2, 0) is 9.47 Å². The third kappa shape index (κ3) is 17.4. The molecule has 112 valence electrons. The SMILES string of the molecule is CCCCCCCCCOCOCCC[CH](C)[Mg][I]. The van der Waals surface area contributed by atoms with Crippen LogP contribution in [0.1, 0.15) is 71.6 Å². The smallest absolute Gasteiger partial charge is 0.355 e. The van der Waals surface area contributed by atoms with Crippen LogP contribution in [0.5, 0.6) is 0 Å². The Morgan fingerprint density at radius 2 is 1.47 bits per heavy atom. The largest absolute Gasteiger partial charge is 0.466 e. The molecule has 0 aromatic carbocycles. The summed E-state index contributed by atoms with van der Waals surface area (Å²) in [5.41, 5.74) is 0. The molecular weight excluding hydrogens is 363 g/mol. The van der Waals surface area contributed by atoms with Crippen LogP contribution in [0.3, 0.4) is 0 Å². The Labute approximate surface area is 139 Å². The zero-order valence-corrected chi connectivity index (χ0v) is 16.5. The normalized spacial score (nSPS) is 12.4. The molecule has 1 atom stereocenters. The summed E-state index contributed by atoms with van der Waals surface area (Å²) < 4.78 is 11.9. The Hall–Kier alpha value is 1.42. The second-order valence-electron chi connectivity index (χ2n) is 5.46. The van der Waals surface area contributed by atoms with Crippen LogP contribution >= 0.6 is 18.9 Å². The quantitative estimate of drug-likeness (QED) is 0.161. The second kappa shape index (κ2) is 17.5. The Kier molecular flexibility index (Phi) is 18.8. The highest BCUT2D eigenvalue weighted by molar-refractivity contribution is 14.1. The lowest BCUT2D eigenvalue weighted by Crippen LogP contribution is -2.04. The number of ether oxygens (including phenoxy) is 2. The van der Waals surface area contributed by atoms with Gasteiger partial charge in [-0.15, -0.1) is 4.05 Å². The molecule has 19 heavy (non-hydrogen) atoms. The second-order valence-corrected chi connectivity index (χ2v) is 9.80. The van der Waals surface area contributed by atoms with Crippen molar-refractivity contribution in [1.29, 1.82) is 0 Å². The van der Waals surface area contributed by atoms with E-state index in [0.717, 1.165) is 17.3 Å². The summed E-state index contributed by atoms with van der Waals surface area (Å²) in [6.07, 6.45) is 11.9. The monoisotopic (exact) mass is 394 g/mol. The van der Waals surface area contributed by atoms with E-state index in [9.17, 15) is 0 Å². The summed E-state index contributed by atoms with van der Waals surface area (Å²) in [5, 5.41) is 0. The molecule has 0 aliphatic rings. The van der Waals surface area contributed by atoms with Crippen LogP contribution in [0.4, 0.5) is 0 Å². The summed E-state index contributed by atoms with van der Waals surface area (Å²) in [6.45, 7) is 6.84. The summed E-state index contributed by atoms with van der Waals surface area (Å²) in [5.74, 6) is 0. The van der Waals surface area contributed by atoms with Crippen LogP contribution in [0.15, 0.2) is 0 Å². The third-order valence-corrected chi connectivity index (χ3v) is 8.75. The Bertz CT molecular complexity index is 170. The van der Waals surface area contributed by atoms with Crippen molar-refractivity contribution < 1.29 is 9.47 Å². The van der Waals surface area contributed by atoms with Crippen molar-refractivity contribution in [2.45, 2.75) is 75.7 Å². The van der Waals surface area contributed by atoms with E-state index in [1.807, 2.05) is 0 Å². The maximum Gasteiger partial charge on any atom is 0.466 e. The molecule has 2 nitrogen and oxygen atoms in total. The van der Waals surface area contributed by atoms with E-state index < -0.39 is 0 Å². The molecule has 0 N–H and O–H groups in total. The lowest BCUT2D eigenvalue weighted by Gasteiger charge is -2.08. The minimum Gasteiger partial charge on any atom is -0.355 e. The highest BCUT2D eigenvalue weighted by atomic mass is 127. The van der Waals surface area contributed by atoms with E-state index in [-0.39, 0.29) is 16.5 Å². The van der Waals surface area contributed by atoms with Crippen molar-refractivity contribution in [2.24, 2.45) is 0 Å². The summed E-state index contributed by atoms with van der Waals surface area (Å²) >= 11 is 2.74. The molecule has 0 aromatic heterocycles. The van der Waals surface area contributed by atoms with Crippen LogP contribution in [0.2, 0.25) is 4.05 Å². The number of hydrogen-bond acceptors (Lipinski definition) is 2. The first-order valence-corrected chi connectivity index (χ1v) is 14.0. The zero-order valence-electron chi connectivity index (χ0n) is 13.0. The number of unbranched alkanes of at least 4 members (excludes halogenated alkanes) is 6. The molecule has 0 spiro atoms. The first kappa shape index (κ1) is 20.4. The van der Waals surface area contributed by atoms with Gasteiger partial charge in [-0.05, 0) is 12.8 Å². The molecule has 0 aliphatic heterocycles. The number of hydrogen-bond donors (Lipinski definition) is 0. The maximum absolute atomic E-state index is 5.48. The molecule has 0 fully saturated rings. The Balaban J connectivity index is 2.95. The van der Waals surface area contributed by atoms with E-state index >= 15 is 0 Å². The lowest BCUT2D eigenvalue weighted by atomic mass is 10.1. The van der Waals surface area contributed by atoms with Gasteiger partial charge in [0.1, 0.15) is 6.79 Å². The summed E-state index contributed by atoms with van der Waals surface area (Å²) in [7, 11) is 0. The Morgan fingerprint density at radius 1 is 0.895 bits per heavy atom. The van der Waals surface area contributed by atoms with Crippen molar-refractivity contribution in [1.82, 2.24) is 0 Å². The first-order chi connectivity index (χ1) is 9.31. The number of rotatable bonds is 15. The minimum absolute atomic E-state index is 0.160. The van der Waals surface area contributed by atoms with Gasteiger partial charge in [0.2, 0.25) is 0 Å². The standard InChI is InChI=1S/C15H31O2.HI.Mg/c1-3-5-7-8-9-10-12-14-17-15-16-13-11-6-4-2;;/h4H,3,5-15H2,1-2H3;1H;/q;;+1/p-1. The van der Waals surface area contributed by atoms with Gasteiger partial charge in [-0.2, -0.15) is 0 Å². The van der Waals surface area contributed by atoms with Crippen LogP contribution < -0.4 is 0 Å². The third-order valence-electron chi connectivity index (χ3n) is 3.31. The number of halogens is 1. The van der Waals surface area contributed by atoms with E-state index in [2.05, 4.69) is 32.7 Å². The van der Waals surface area contributed by atoms with Gasteiger partial charge in [-0.3, -0.25) is 0 Å². The summed E-state index contributed by atoms with van der Waals surface area (Å²) in [6, 6.07) is 0. The van der Waals surface area contributed by atoms with Crippen molar-refractivity contribution >= 4 is 35.3 Å². The lowest BCUT2D eigenvalue weighted by molar-refractivity contribution is -0.0555. The molecular formula is C15H31IMgO2. The van der Waals surface area contributed by atoms with Gasteiger partial charge < -0.3 is 28.3 Å². The molecule has 0 rings (SSSR count). The van der Waals surface area contributed by atoms with Gasteiger partial charge >= 0.3 is 16.5 Å². The van der Waals surface area contributed by atoms with Gasteiger partial charge in [0.05, 0.1) is 0 Å². The average Bonchev–Trinajstić information content (AvgIpc) is 2.43. The topological polar surface area (TPSA) is 18.5 Å². The van der Waals surface area contributed by atoms with Crippen LogP contribution in [0, 0.1) is 0 Å². The minimum atomic E-state index is 0.160. The van der Waals surface area contributed by atoms with Crippen molar-refractivity contribution in [2.75, 3.05) is 20.0 Å². The molecule has 0 saturated carbocycles.